The van der Waals surface area contributed by atoms with Gasteiger partial charge in [0.25, 0.3) is 0 Å². The van der Waals surface area contributed by atoms with Crippen LogP contribution in [0.3, 0.4) is 0 Å². The summed E-state index contributed by atoms with van der Waals surface area (Å²) in [4.78, 5) is 0. The summed E-state index contributed by atoms with van der Waals surface area (Å²) in [7, 11) is 0. The molecule has 2 aromatic rings. The molecular formula is C13H14IN3. The van der Waals surface area contributed by atoms with E-state index in [0.29, 0.717) is 6.04 Å². The first-order valence-electron chi connectivity index (χ1n) is 5.73. The molecule has 0 spiro atoms. The Morgan fingerprint density at radius 2 is 1.88 bits per heavy atom. The monoisotopic (exact) mass is 339 g/mol. The van der Waals surface area contributed by atoms with E-state index < -0.39 is 0 Å². The van der Waals surface area contributed by atoms with Crippen molar-refractivity contribution in [3.8, 4) is 0 Å². The minimum absolute atomic E-state index is 0.384. The highest BCUT2D eigenvalue weighted by Crippen LogP contribution is 2.32. The van der Waals surface area contributed by atoms with Crippen LogP contribution in [0.5, 0.6) is 0 Å². The minimum atomic E-state index is 0.384. The normalized spacial score (nSPS) is 15.2. The number of hydrogen-bond donors (Lipinski definition) is 1. The van der Waals surface area contributed by atoms with Crippen LogP contribution in [0, 0.1) is 10.5 Å². The average Bonchev–Trinajstić information content (AvgIpc) is 2.86. The predicted octanol–water partition coefficient (Wildman–Crippen LogP) is 2.72. The largest absolute Gasteiger partial charge is 0.383 e. The molecule has 0 radical (unpaired) electrons. The zero-order valence-corrected chi connectivity index (χ0v) is 11.8. The number of rotatable bonds is 1. The van der Waals surface area contributed by atoms with Gasteiger partial charge in [0.05, 0.1) is 15.3 Å². The van der Waals surface area contributed by atoms with E-state index in [9.17, 15) is 0 Å². The lowest BCUT2D eigenvalue weighted by Gasteiger charge is -2.11. The van der Waals surface area contributed by atoms with Crippen LogP contribution in [-0.4, -0.2) is 9.78 Å². The highest BCUT2D eigenvalue weighted by molar-refractivity contribution is 14.1. The van der Waals surface area contributed by atoms with Gasteiger partial charge in [0.2, 0.25) is 0 Å². The first-order chi connectivity index (χ1) is 8.16. The average molecular weight is 339 g/mol. The Morgan fingerprint density at radius 3 is 2.35 bits per heavy atom. The van der Waals surface area contributed by atoms with Gasteiger partial charge in [0.1, 0.15) is 5.82 Å². The number of benzene rings is 1. The van der Waals surface area contributed by atoms with Gasteiger partial charge in [-0.3, -0.25) is 0 Å². The lowest BCUT2D eigenvalue weighted by atomic mass is 10.1. The van der Waals surface area contributed by atoms with Crippen molar-refractivity contribution in [3.05, 3.63) is 44.7 Å². The molecule has 1 heterocycles. The van der Waals surface area contributed by atoms with E-state index in [4.69, 9.17) is 5.73 Å². The Labute approximate surface area is 114 Å². The number of halogens is 1. The van der Waals surface area contributed by atoms with Gasteiger partial charge >= 0.3 is 0 Å². The first kappa shape index (κ1) is 11.1. The number of nitrogens with zero attached hydrogens (tertiary/aromatic N) is 2. The molecule has 1 aromatic heterocycles. The molecule has 1 aromatic carbocycles. The maximum absolute atomic E-state index is 6.11. The number of nitrogen functional groups attached to an aromatic ring is 1. The molecule has 1 aliphatic carbocycles. The lowest BCUT2D eigenvalue weighted by molar-refractivity contribution is 0.480. The molecule has 0 bridgehead atoms. The molecule has 0 unspecified atom stereocenters. The predicted molar refractivity (Wildman–Crippen MR) is 77.0 cm³/mol. The summed E-state index contributed by atoms with van der Waals surface area (Å²) in [6.45, 7) is 2.01. The van der Waals surface area contributed by atoms with Crippen molar-refractivity contribution in [2.45, 2.75) is 25.8 Å². The summed E-state index contributed by atoms with van der Waals surface area (Å²) >= 11 is 2.27. The molecule has 3 rings (SSSR count). The zero-order valence-electron chi connectivity index (χ0n) is 9.65. The number of aryl methyl sites for hydroxylation is 1. The Balaban J connectivity index is 1.96. The van der Waals surface area contributed by atoms with E-state index in [1.54, 1.807) is 0 Å². The van der Waals surface area contributed by atoms with Crippen LogP contribution in [0.2, 0.25) is 0 Å². The van der Waals surface area contributed by atoms with Crippen molar-refractivity contribution in [2.75, 3.05) is 5.73 Å². The minimum Gasteiger partial charge on any atom is -0.383 e. The molecule has 0 amide bonds. The fraction of sp³-hybridized carbons (Fsp3) is 0.308. The van der Waals surface area contributed by atoms with Crippen LogP contribution in [0.1, 0.15) is 22.9 Å². The van der Waals surface area contributed by atoms with Crippen LogP contribution >= 0.6 is 22.6 Å². The summed E-state index contributed by atoms with van der Waals surface area (Å²) in [5.41, 5.74) is 10.00. The maximum atomic E-state index is 6.11. The summed E-state index contributed by atoms with van der Waals surface area (Å²) in [5, 5.41) is 4.56. The van der Waals surface area contributed by atoms with Crippen LogP contribution in [0.25, 0.3) is 0 Å². The number of anilines is 1. The van der Waals surface area contributed by atoms with Crippen molar-refractivity contribution in [1.29, 1.82) is 0 Å². The van der Waals surface area contributed by atoms with Gasteiger partial charge in [-0.1, -0.05) is 24.3 Å². The van der Waals surface area contributed by atoms with E-state index in [1.807, 2.05) is 11.6 Å². The smallest absolute Gasteiger partial charge is 0.135 e. The Kier molecular flexibility index (Phi) is 2.61. The number of hydrogen-bond acceptors (Lipinski definition) is 2. The van der Waals surface area contributed by atoms with E-state index in [0.717, 1.165) is 27.9 Å². The molecular weight excluding hydrogens is 325 g/mol. The third-order valence-corrected chi connectivity index (χ3v) is 4.76. The van der Waals surface area contributed by atoms with E-state index in [-0.39, 0.29) is 0 Å². The molecule has 0 saturated heterocycles. The summed E-state index contributed by atoms with van der Waals surface area (Å²) < 4.78 is 3.08. The first-order valence-corrected chi connectivity index (χ1v) is 6.81. The Bertz CT molecular complexity index is 549. The third kappa shape index (κ3) is 1.74. The van der Waals surface area contributed by atoms with Crippen molar-refractivity contribution >= 4 is 28.4 Å². The maximum Gasteiger partial charge on any atom is 0.135 e. The molecule has 0 fully saturated rings. The van der Waals surface area contributed by atoms with Crippen molar-refractivity contribution in [3.63, 3.8) is 0 Å². The van der Waals surface area contributed by atoms with Gasteiger partial charge in [-0.2, -0.15) is 5.10 Å². The van der Waals surface area contributed by atoms with Gasteiger partial charge in [0.15, 0.2) is 0 Å². The molecule has 2 N–H and O–H groups in total. The standard InChI is InChI=1S/C13H14IN3/c1-8-12(14)13(15)17(16-8)11-6-9-4-2-3-5-10(9)7-11/h2-5,11H,6-7,15H2,1H3. The molecule has 88 valence electrons. The fourth-order valence-corrected chi connectivity index (χ4v) is 2.89. The van der Waals surface area contributed by atoms with Crippen molar-refractivity contribution < 1.29 is 0 Å². The van der Waals surface area contributed by atoms with Crippen LogP contribution in [0.15, 0.2) is 24.3 Å². The second-order valence-corrected chi connectivity index (χ2v) is 5.64. The van der Waals surface area contributed by atoms with E-state index in [1.165, 1.54) is 11.1 Å². The second-order valence-electron chi connectivity index (χ2n) is 4.56. The zero-order chi connectivity index (χ0) is 12.0. The SMILES string of the molecule is Cc1nn(C2Cc3ccccc3C2)c(N)c1I. The second kappa shape index (κ2) is 4.01. The number of nitrogens with two attached hydrogens (primary N) is 1. The van der Waals surface area contributed by atoms with E-state index in [2.05, 4.69) is 52.0 Å². The molecule has 4 heteroatoms. The molecule has 0 saturated carbocycles. The van der Waals surface area contributed by atoms with Crippen LogP contribution in [0.4, 0.5) is 5.82 Å². The molecule has 3 nitrogen and oxygen atoms in total. The molecule has 17 heavy (non-hydrogen) atoms. The van der Waals surface area contributed by atoms with Crippen molar-refractivity contribution in [2.24, 2.45) is 0 Å². The summed E-state index contributed by atoms with van der Waals surface area (Å²) in [6.07, 6.45) is 2.08. The third-order valence-electron chi connectivity index (χ3n) is 3.42. The van der Waals surface area contributed by atoms with Gasteiger partial charge in [-0.25, -0.2) is 4.68 Å². The van der Waals surface area contributed by atoms with Crippen LogP contribution < -0.4 is 5.73 Å². The molecule has 0 aliphatic heterocycles. The topological polar surface area (TPSA) is 43.8 Å². The fourth-order valence-electron chi connectivity index (χ4n) is 2.53. The lowest BCUT2D eigenvalue weighted by Crippen LogP contribution is -2.13. The van der Waals surface area contributed by atoms with Crippen LogP contribution in [-0.2, 0) is 12.8 Å². The summed E-state index contributed by atoms with van der Waals surface area (Å²) in [5.74, 6) is 0.806. The molecule has 0 atom stereocenters. The highest BCUT2D eigenvalue weighted by Gasteiger charge is 2.25. The highest BCUT2D eigenvalue weighted by atomic mass is 127. The number of fused-ring (bicyclic) bond motifs is 1. The van der Waals surface area contributed by atoms with Crippen molar-refractivity contribution in [1.82, 2.24) is 9.78 Å². The van der Waals surface area contributed by atoms with Gasteiger partial charge in [-0.05, 0) is 53.5 Å². The summed E-state index contributed by atoms with van der Waals surface area (Å²) in [6, 6.07) is 8.99. The quantitative estimate of drug-likeness (QED) is 0.812. The van der Waals surface area contributed by atoms with Gasteiger partial charge in [-0.15, -0.1) is 0 Å². The number of aromatic nitrogens is 2. The van der Waals surface area contributed by atoms with E-state index >= 15 is 0 Å². The van der Waals surface area contributed by atoms with Gasteiger partial charge < -0.3 is 5.73 Å². The molecule has 1 aliphatic rings. The Hall–Kier alpha value is -1.04. The van der Waals surface area contributed by atoms with Gasteiger partial charge in [0, 0.05) is 0 Å². The Morgan fingerprint density at radius 1 is 1.29 bits per heavy atom.